The molecule has 0 unspecified atom stereocenters. The topological polar surface area (TPSA) is 40.9 Å². The molecule has 0 aromatic heterocycles. The van der Waals surface area contributed by atoms with Gasteiger partial charge in [0.05, 0.1) is 17.2 Å². The van der Waals surface area contributed by atoms with Gasteiger partial charge in [-0.1, -0.05) is 0 Å². The van der Waals surface area contributed by atoms with Gasteiger partial charge in [0, 0.05) is 0 Å². The van der Waals surface area contributed by atoms with Crippen molar-refractivity contribution >= 4 is 17.5 Å². The smallest absolute Gasteiger partial charge is 0.162 e. The molecule has 0 aromatic carbocycles. The maximum atomic E-state index is 11.1. The van der Waals surface area contributed by atoms with E-state index in [1.54, 1.807) is 0 Å². The first kappa shape index (κ1) is 9.51. The van der Waals surface area contributed by atoms with E-state index in [4.69, 9.17) is 5.26 Å². The number of ketones is 1. The van der Waals surface area contributed by atoms with Crippen molar-refractivity contribution in [1.29, 1.82) is 5.26 Å². The van der Waals surface area contributed by atoms with Crippen molar-refractivity contribution < 1.29 is 4.79 Å². The minimum absolute atomic E-state index is 0.00231. The van der Waals surface area contributed by atoms with Gasteiger partial charge in [0.15, 0.2) is 5.78 Å². The minimum Gasteiger partial charge on any atom is -0.297 e. The zero-order valence-corrected chi connectivity index (χ0v) is 7.29. The van der Waals surface area contributed by atoms with Gasteiger partial charge in [-0.3, -0.25) is 4.79 Å². The van der Waals surface area contributed by atoms with E-state index in [0.29, 0.717) is 0 Å². The average Bonchev–Trinajstić information content (AvgIpc) is 1.89. The van der Waals surface area contributed by atoms with E-state index in [-0.39, 0.29) is 12.2 Å². The molecule has 0 saturated carbocycles. The number of thioether (sulfide) groups is 1. The van der Waals surface area contributed by atoms with Crippen LogP contribution in [0.25, 0.3) is 0 Å². The van der Waals surface area contributed by atoms with Crippen LogP contribution in [0.2, 0.25) is 0 Å². The van der Waals surface area contributed by atoms with Crippen LogP contribution < -0.4 is 0 Å². The molecule has 0 aromatic rings. The van der Waals surface area contributed by atoms with Gasteiger partial charge < -0.3 is 0 Å². The second-order valence-electron chi connectivity index (χ2n) is 2.47. The zero-order valence-electron chi connectivity index (χ0n) is 6.47. The number of carbonyl (C=O) groups excluding carboxylic acids is 1. The van der Waals surface area contributed by atoms with E-state index in [1.165, 1.54) is 11.8 Å². The Bertz CT molecular complexity index is 169. The Morgan fingerprint density at radius 2 is 2.20 bits per heavy atom. The standard InChI is InChI=1S/C7H11NOS/c1-7(2,10-3)6(9)4-5-8/h4H2,1-3H3. The van der Waals surface area contributed by atoms with Gasteiger partial charge >= 0.3 is 0 Å². The highest BCUT2D eigenvalue weighted by Crippen LogP contribution is 2.23. The molecule has 0 fully saturated rings. The fraction of sp³-hybridized carbons (Fsp3) is 0.714. The maximum Gasteiger partial charge on any atom is 0.162 e. The van der Waals surface area contributed by atoms with Gasteiger partial charge in [-0.15, -0.1) is 0 Å². The predicted octanol–water partition coefficient (Wildman–Crippen LogP) is 1.61. The molecule has 56 valence electrons. The van der Waals surface area contributed by atoms with Gasteiger partial charge in [-0.05, 0) is 20.1 Å². The Balaban J connectivity index is 4.08. The second kappa shape index (κ2) is 3.62. The predicted molar refractivity (Wildman–Crippen MR) is 42.8 cm³/mol. The Kier molecular flexibility index (Phi) is 3.45. The molecule has 0 bridgehead atoms. The number of Topliss-reactive ketones (excluding diaryl/α,β-unsaturated/α-hetero) is 1. The molecular formula is C7H11NOS. The van der Waals surface area contributed by atoms with Crippen molar-refractivity contribution in [2.24, 2.45) is 0 Å². The highest BCUT2D eigenvalue weighted by Gasteiger charge is 2.24. The van der Waals surface area contributed by atoms with Crippen molar-refractivity contribution in [3.8, 4) is 6.07 Å². The summed E-state index contributed by atoms with van der Waals surface area (Å²) in [7, 11) is 0. The normalized spacial score (nSPS) is 10.6. The fourth-order valence-corrected chi connectivity index (χ4v) is 0.698. The third-order valence-electron chi connectivity index (χ3n) is 1.42. The van der Waals surface area contributed by atoms with Crippen LogP contribution in [0.3, 0.4) is 0 Å². The summed E-state index contributed by atoms with van der Waals surface area (Å²) in [5, 5.41) is 8.22. The van der Waals surface area contributed by atoms with E-state index < -0.39 is 4.75 Å². The van der Waals surface area contributed by atoms with Crippen molar-refractivity contribution in [3.63, 3.8) is 0 Å². The molecule has 0 spiro atoms. The van der Waals surface area contributed by atoms with Crippen molar-refractivity contribution in [1.82, 2.24) is 0 Å². The lowest BCUT2D eigenvalue weighted by molar-refractivity contribution is -0.119. The number of hydrogen-bond donors (Lipinski definition) is 0. The highest BCUT2D eigenvalue weighted by atomic mass is 32.2. The molecule has 0 aliphatic heterocycles. The van der Waals surface area contributed by atoms with Crippen LogP contribution in [0.1, 0.15) is 20.3 Å². The summed E-state index contributed by atoms with van der Waals surface area (Å²) in [6.45, 7) is 3.66. The lowest BCUT2D eigenvalue weighted by atomic mass is 10.1. The summed E-state index contributed by atoms with van der Waals surface area (Å²) in [5.74, 6) is 0.00231. The molecule has 3 heteroatoms. The second-order valence-corrected chi connectivity index (χ2v) is 3.90. The van der Waals surface area contributed by atoms with E-state index in [1.807, 2.05) is 26.2 Å². The van der Waals surface area contributed by atoms with Gasteiger partial charge in [0.1, 0.15) is 0 Å². The zero-order chi connectivity index (χ0) is 8.20. The third kappa shape index (κ3) is 2.40. The summed E-state index contributed by atoms with van der Waals surface area (Å²) < 4.78 is -0.393. The Labute approximate surface area is 65.6 Å². The SMILES string of the molecule is CSC(C)(C)C(=O)CC#N. The van der Waals surface area contributed by atoms with E-state index in [2.05, 4.69) is 0 Å². The van der Waals surface area contributed by atoms with Crippen molar-refractivity contribution in [3.05, 3.63) is 0 Å². The molecule has 0 radical (unpaired) electrons. The first-order valence-electron chi connectivity index (χ1n) is 3.00. The van der Waals surface area contributed by atoms with E-state index >= 15 is 0 Å². The van der Waals surface area contributed by atoms with Gasteiger partial charge in [0.2, 0.25) is 0 Å². The van der Waals surface area contributed by atoms with Crippen LogP contribution in [0.15, 0.2) is 0 Å². The molecular weight excluding hydrogens is 146 g/mol. The van der Waals surface area contributed by atoms with Gasteiger partial charge in [-0.25, -0.2) is 0 Å². The average molecular weight is 157 g/mol. The van der Waals surface area contributed by atoms with Gasteiger partial charge in [0.25, 0.3) is 0 Å². The maximum absolute atomic E-state index is 11.1. The van der Waals surface area contributed by atoms with Crippen LogP contribution in [-0.2, 0) is 4.79 Å². The summed E-state index contributed by atoms with van der Waals surface area (Å²) in [5.41, 5.74) is 0. The third-order valence-corrected chi connectivity index (χ3v) is 2.67. The molecule has 0 atom stereocenters. The number of nitriles is 1. The molecule has 0 aliphatic carbocycles. The van der Waals surface area contributed by atoms with Crippen LogP contribution >= 0.6 is 11.8 Å². The number of nitrogens with zero attached hydrogens (tertiary/aromatic N) is 1. The molecule has 0 aliphatic rings. The lowest BCUT2D eigenvalue weighted by Crippen LogP contribution is -2.26. The van der Waals surface area contributed by atoms with Crippen LogP contribution in [0.5, 0.6) is 0 Å². The van der Waals surface area contributed by atoms with Crippen molar-refractivity contribution in [2.45, 2.75) is 25.0 Å². The van der Waals surface area contributed by atoms with Gasteiger partial charge in [-0.2, -0.15) is 17.0 Å². The monoisotopic (exact) mass is 157 g/mol. The number of rotatable bonds is 3. The number of carbonyl (C=O) groups is 1. The Morgan fingerprint density at radius 3 is 2.50 bits per heavy atom. The van der Waals surface area contributed by atoms with E-state index in [0.717, 1.165) is 0 Å². The molecule has 0 heterocycles. The first-order chi connectivity index (χ1) is 4.54. The Hall–Kier alpha value is -0.490. The van der Waals surface area contributed by atoms with E-state index in [9.17, 15) is 4.79 Å². The molecule has 2 nitrogen and oxygen atoms in total. The Morgan fingerprint density at radius 1 is 1.70 bits per heavy atom. The molecule has 10 heavy (non-hydrogen) atoms. The molecule has 0 amide bonds. The van der Waals surface area contributed by atoms with Crippen LogP contribution in [0, 0.1) is 11.3 Å². The summed E-state index contributed by atoms with van der Waals surface area (Å²) >= 11 is 1.47. The van der Waals surface area contributed by atoms with Crippen LogP contribution in [-0.4, -0.2) is 16.8 Å². The number of hydrogen-bond acceptors (Lipinski definition) is 3. The minimum atomic E-state index is -0.393. The summed E-state index contributed by atoms with van der Waals surface area (Å²) in [6, 6.07) is 1.85. The lowest BCUT2D eigenvalue weighted by Gasteiger charge is -2.17. The van der Waals surface area contributed by atoms with Crippen LogP contribution in [0.4, 0.5) is 0 Å². The largest absolute Gasteiger partial charge is 0.297 e. The quantitative estimate of drug-likeness (QED) is 0.625. The van der Waals surface area contributed by atoms with Crippen molar-refractivity contribution in [2.75, 3.05) is 6.26 Å². The molecule has 0 saturated heterocycles. The summed E-state index contributed by atoms with van der Waals surface area (Å²) in [6.07, 6.45) is 1.89. The first-order valence-corrected chi connectivity index (χ1v) is 4.22. The fourth-order valence-electron chi connectivity index (χ4n) is 0.398. The molecule has 0 N–H and O–H groups in total. The highest BCUT2D eigenvalue weighted by molar-refractivity contribution is 8.00. The molecule has 0 rings (SSSR count). The summed E-state index contributed by atoms with van der Waals surface area (Å²) in [4.78, 5) is 11.1.